The van der Waals surface area contributed by atoms with Crippen molar-refractivity contribution in [1.29, 1.82) is 0 Å². The standard InChI is InChI=1S/C28H33BN4O4/c1-17-23(25(30)33-32-17)14-18(29-36-27(2,3)28(4,5)37-29)15-31-26(34)35-16-24-21-12-8-6-10-19(21)20-11-7-9-13-22(20)24/h6-14,24H,15-16H2,1-5H3,(H,31,34)(H3,30,32,33). The Balaban J connectivity index is 1.30. The number of H-pyrrole nitrogens is 1. The SMILES string of the molecule is Cc1[nH]nc(N)c1C=C(CNC(=O)OCC1c2ccccc2-c2ccccc21)B1OC(C)(C)C(C)(C)O1. The van der Waals surface area contributed by atoms with E-state index in [9.17, 15) is 4.79 Å². The van der Waals surface area contributed by atoms with Gasteiger partial charge in [0.25, 0.3) is 0 Å². The summed E-state index contributed by atoms with van der Waals surface area (Å²) in [5.41, 5.74) is 12.0. The van der Waals surface area contributed by atoms with Gasteiger partial charge in [-0.1, -0.05) is 54.6 Å². The molecule has 1 aliphatic carbocycles. The average Bonchev–Trinajstić information content (AvgIpc) is 3.43. The normalized spacial score (nSPS) is 18.0. The van der Waals surface area contributed by atoms with Crippen LogP contribution in [0, 0.1) is 6.92 Å². The number of amides is 1. The molecule has 1 aromatic heterocycles. The van der Waals surface area contributed by atoms with Crippen LogP contribution in [0.15, 0.2) is 54.0 Å². The molecule has 3 aromatic rings. The first-order valence-corrected chi connectivity index (χ1v) is 12.5. The number of aryl methyl sites for hydroxylation is 1. The van der Waals surface area contributed by atoms with Crippen LogP contribution in [-0.2, 0) is 14.0 Å². The Bertz CT molecular complexity index is 1280. The molecule has 2 aromatic carbocycles. The number of aromatic nitrogens is 2. The van der Waals surface area contributed by atoms with E-state index < -0.39 is 24.4 Å². The van der Waals surface area contributed by atoms with E-state index in [1.165, 1.54) is 22.3 Å². The lowest BCUT2D eigenvalue weighted by atomic mass is 9.77. The van der Waals surface area contributed by atoms with E-state index in [0.29, 0.717) is 11.3 Å². The fourth-order valence-corrected chi connectivity index (χ4v) is 4.84. The maximum absolute atomic E-state index is 12.8. The first kappa shape index (κ1) is 25.1. The van der Waals surface area contributed by atoms with Gasteiger partial charge < -0.3 is 25.1 Å². The first-order chi connectivity index (χ1) is 17.6. The van der Waals surface area contributed by atoms with Crippen molar-refractivity contribution < 1.29 is 18.8 Å². The Morgan fingerprint density at radius 2 is 1.65 bits per heavy atom. The van der Waals surface area contributed by atoms with Gasteiger partial charge in [-0.3, -0.25) is 5.10 Å². The number of rotatable bonds is 6. The van der Waals surface area contributed by atoms with Gasteiger partial charge >= 0.3 is 13.2 Å². The van der Waals surface area contributed by atoms with E-state index in [1.54, 1.807) is 0 Å². The first-order valence-electron chi connectivity index (χ1n) is 12.5. The molecule has 8 nitrogen and oxygen atoms in total. The number of carbonyl (C=O) groups is 1. The minimum absolute atomic E-state index is 0.00959. The smallest absolute Gasteiger partial charge is 0.449 e. The van der Waals surface area contributed by atoms with Crippen molar-refractivity contribution in [3.63, 3.8) is 0 Å². The molecule has 37 heavy (non-hydrogen) atoms. The lowest BCUT2D eigenvalue weighted by Gasteiger charge is -2.32. The van der Waals surface area contributed by atoms with Crippen molar-refractivity contribution in [2.45, 2.75) is 51.7 Å². The number of anilines is 1. The zero-order chi connectivity index (χ0) is 26.4. The molecule has 0 radical (unpaired) electrons. The summed E-state index contributed by atoms with van der Waals surface area (Å²) >= 11 is 0. The molecule has 1 saturated heterocycles. The molecule has 9 heteroatoms. The highest BCUT2D eigenvalue weighted by Crippen LogP contribution is 2.44. The number of benzene rings is 2. The van der Waals surface area contributed by atoms with Gasteiger partial charge in [-0.25, -0.2) is 4.79 Å². The van der Waals surface area contributed by atoms with Crippen LogP contribution < -0.4 is 11.1 Å². The van der Waals surface area contributed by atoms with Gasteiger partial charge in [-0.2, -0.15) is 5.10 Å². The number of alkyl carbamates (subject to hydrolysis) is 1. The molecule has 192 valence electrons. The number of hydrogen-bond donors (Lipinski definition) is 3. The van der Waals surface area contributed by atoms with E-state index in [0.717, 1.165) is 11.3 Å². The monoisotopic (exact) mass is 500 g/mol. The van der Waals surface area contributed by atoms with Crippen LogP contribution in [0.1, 0.15) is 56.0 Å². The summed E-state index contributed by atoms with van der Waals surface area (Å²) < 4.78 is 18.2. The second-order valence-electron chi connectivity index (χ2n) is 10.6. The van der Waals surface area contributed by atoms with Crippen molar-refractivity contribution in [1.82, 2.24) is 15.5 Å². The summed E-state index contributed by atoms with van der Waals surface area (Å²) in [4.78, 5) is 12.8. The highest BCUT2D eigenvalue weighted by atomic mass is 16.7. The number of carbonyl (C=O) groups excluding carboxylic acids is 1. The summed E-state index contributed by atoms with van der Waals surface area (Å²) in [7, 11) is -0.660. The van der Waals surface area contributed by atoms with Gasteiger partial charge in [0.05, 0.1) is 11.2 Å². The van der Waals surface area contributed by atoms with Gasteiger partial charge in [-0.15, -0.1) is 0 Å². The predicted molar refractivity (Wildman–Crippen MR) is 145 cm³/mol. The molecule has 0 atom stereocenters. The van der Waals surface area contributed by atoms with Crippen LogP contribution in [0.4, 0.5) is 10.6 Å². The van der Waals surface area contributed by atoms with Crippen LogP contribution in [0.5, 0.6) is 0 Å². The molecular weight excluding hydrogens is 467 g/mol. The molecule has 1 amide bonds. The number of nitrogens with zero attached hydrogens (tertiary/aromatic N) is 1. The fourth-order valence-electron chi connectivity index (χ4n) is 4.84. The second kappa shape index (κ2) is 9.39. The van der Waals surface area contributed by atoms with E-state index in [-0.39, 0.29) is 19.1 Å². The number of hydrogen-bond acceptors (Lipinski definition) is 6. The Morgan fingerprint density at radius 3 is 2.19 bits per heavy atom. The lowest BCUT2D eigenvalue weighted by molar-refractivity contribution is 0.00578. The van der Waals surface area contributed by atoms with Gasteiger partial charge in [0.1, 0.15) is 6.61 Å². The van der Waals surface area contributed by atoms with Crippen LogP contribution in [0.3, 0.4) is 0 Å². The van der Waals surface area contributed by atoms with Crippen molar-refractivity contribution in [2.24, 2.45) is 0 Å². The zero-order valence-corrected chi connectivity index (χ0v) is 21.9. The third-order valence-electron chi connectivity index (χ3n) is 7.69. The summed E-state index contributed by atoms with van der Waals surface area (Å²) in [6, 6.07) is 16.5. The van der Waals surface area contributed by atoms with Crippen LogP contribution in [0.2, 0.25) is 0 Å². The Morgan fingerprint density at radius 1 is 1.08 bits per heavy atom. The Labute approximate surface area is 217 Å². The van der Waals surface area contributed by atoms with Gasteiger partial charge in [-0.05, 0) is 62.3 Å². The molecular formula is C28H33BN4O4. The molecule has 5 rings (SSSR count). The fraction of sp³-hybridized carbons (Fsp3) is 0.357. The maximum atomic E-state index is 12.8. The minimum Gasteiger partial charge on any atom is -0.449 e. The van der Waals surface area contributed by atoms with E-state index in [4.69, 9.17) is 19.8 Å². The molecule has 1 fully saturated rings. The van der Waals surface area contributed by atoms with Crippen molar-refractivity contribution >= 4 is 25.1 Å². The van der Waals surface area contributed by atoms with Crippen LogP contribution in [0.25, 0.3) is 17.2 Å². The largest absolute Gasteiger partial charge is 0.492 e. The Kier molecular flexibility index (Phi) is 6.37. The van der Waals surface area contributed by atoms with E-state index in [2.05, 4.69) is 39.8 Å². The van der Waals surface area contributed by atoms with E-state index >= 15 is 0 Å². The third-order valence-corrected chi connectivity index (χ3v) is 7.69. The van der Waals surface area contributed by atoms with Gasteiger partial charge in [0, 0.05) is 23.7 Å². The van der Waals surface area contributed by atoms with Crippen LogP contribution >= 0.6 is 0 Å². The summed E-state index contributed by atoms with van der Waals surface area (Å²) in [6.45, 7) is 10.2. The molecule has 0 spiro atoms. The molecule has 0 unspecified atom stereocenters. The topological polar surface area (TPSA) is 111 Å². The third kappa shape index (κ3) is 4.65. The maximum Gasteiger partial charge on any atom is 0.492 e. The molecule has 4 N–H and O–H groups in total. The van der Waals surface area contributed by atoms with Crippen LogP contribution in [-0.4, -0.2) is 47.8 Å². The quantitative estimate of drug-likeness (QED) is 0.417. The highest BCUT2D eigenvalue weighted by molar-refractivity contribution is 6.56. The molecule has 0 saturated carbocycles. The highest BCUT2D eigenvalue weighted by Gasteiger charge is 2.52. The average molecular weight is 500 g/mol. The number of aromatic amines is 1. The number of nitrogens with one attached hydrogen (secondary N) is 2. The number of ether oxygens (including phenoxy) is 1. The van der Waals surface area contributed by atoms with Crippen molar-refractivity contribution in [3.8, 4) is 11.1 Å². The van der Waals surface area contributed by atoms with Crippen molar-refractivity contribution in [2.75, 3.05) is 18.9 Å². The molecule has 0 bridgehead atoms. The summed E-state index contributed by atoms with van der Waals surface area (Å²) in [5.74, 6) is 0.359. The number of nitrogens with two attached hydrogens (primary N) is 1. The summed E-state index contributed by atoms with van der Waals surface area (Å²) in [6.07, 6.45) is 1.35. The number of nitrogen functional groups attached to an aromatic ring is 1. The van der Waals surface area contributed by atoms with Gasteiger partial charge in [0.2, 0.25) is 0 Å². The zero-order valence-electron chi connectivity index (χ0n) is 21.9. The summed E-state index contributed by atoms with van der Waals surface area (Å²) in [5, 5.41) is 9.83. The number of fused-ring (bicyclic) bond motifs is 3. The minimum atomic E-state index is -0.660. The molecule has 2 aliphatic rings. The predicted octanol–water partition coefficient (Wildman–Crippen LogP) is 4.85. The molecule has 1 aliphatic heterocycles. The lowest BCUT2D eigenvalue weighted by Crippen LogP contribution is -2.41. The molecule has 2 heterocycles. The Hall–Kier alpha value is -3.56. The van der Waals surface area contributed by atoms with E-state index in [1.807, 2.05) is 65.0 Å². The second-order valence-corrected chi connectivity index (χ2v) is 10.6. The van der Waals surface area contributed by atoms with Crippen molar-refractivity contribution in [3.05, 3.63) is 76.4 Å². The van der Waals surface area contributed by atoms with Gasteiger partial charge in [0.15, 0.2) is 5.82 Å².